The van der Waals surface area contributed by atoms with Crippen molar-refractivity contribution >= 4 is 18.3 Å². The molecule has 1 fully saturated rings. The fourth-order valence-electron chi connectivity index (χ4n) is 1.83. The van der Waals surface area contributed by atoms with Crippen LogP contribution in [0.5, 0.6) is 0 Å². The smallest absolute Gasteiger partial charge is 0.236 e. The van der Waals surface area contributed by atoms with Crippen LogP contribution in [0.25, 0.3) is 0 Å². The molecule has 0 aliphatic heterocycles. The maximum Gasteiger partial charge on any atom is 0.236 e. The monoisotopic (exact) mass is 304 g/mol. The number of likely N-dealkylation sites (N-methyl/N-ethyl adjacent to an activating group) is 1. The van der Waals surface area contributed by atoms with E-state index in [-0.39, 0.29) is 31.4 Å². The lowest BCUT2D eigenvalue weighted by atomic mass is 10.2. The third-order valence-corrected chi connectivity index (χ3v) is 3.25. The predicted molar refractivity (Wildman–Crippen MR) is 75.7 cm³/mol. The van der Waals surface area contributed by atoms with Gasteiger partial charge in [0.05, 0.1) is 6.54 Å². The van der Waals surface area contributed by atoms with E-state index in [1.807, 2.05) is 0 Å². The molecule has 1 amide bonds. The highest BCUT2D eigenvalue weighted by atomic mass is 35.5. The molecule has 1 aliphatic rings. The van der Waals surface area contributed by atoms with Gasteiger partial charge >= 0.3 is 0 Å². The van der Waals surface area contributed by atoms with Gasteiger partial charge < -0.3 is 10.2 Å². The summed E-state index contributed by atoms with van der Waals surface area (Å²) in [4.78, 5) is 13.2. The van der Waals surface area contributed by atoms with Crippen molar-refractivity contribution < 1.29 is 13.6 Å². The molecular weight excluding hydrogens is 286 g/mol. The molecule has 0 unspecified atom stereocenters. The fourth-order valence-corrected chi connectivity index (χ4v) is 1.83. The van der Waals surface area contributed by atoms with Crippen LogP contribution in [0.15, 0.2) is 18.2 Å². The number of rotatable bonds is 6. The zero-order chi connectivity index (χ0) is 13.8. The molecule has 2 rings (SSSR count). The summed E-state index contributed by atoms with van der Waals surface area (Å²) in [5.41, 5.74) is 0.319. The van der Waals surface area contributed by atoms with Gasteiger partial charge in [-0.2, -0.15) is 0 Å². The van der Waals surface area contributed by atoms with Crippen LogP contribution >= 0.6 is 12.4 Å². The highest BCUT2D eigenvalue weighted by Crippen LogP contribution is 2.27. The van der Waals surface area contributed by atoms with Crippen molar-refractivity contribution in [2.24, 2.45) is 5.92 Å². The average molecular weight is 305 g/mol. The minimum absolute atomic E-state index is 0. The minimum atomic E-state index is -0.620. The first-order valence-electron chi connectivity index (χ1n) is 6.45. The Morgan fingerprint density at radius 1 is 1.40 bits per heavy atom. The van der Waals surface area contributed by atoms with E-state index in [0.29, 0.717) is 11.5 Å². The zero-order valence-corrected chi connectivity index (χ0v) is 12.2. The van der Waals surface area contributed by atoms with Gasteiger partial charge in [0, 0.05) is 25.2 Å². The molecule has 0 saturated heterocycles. The molecule has 0 aromatic heterocycles. The lowest BCUT2D eigenvalue weighted by Gasteiger charge is -2.18. The van der Waals surface area contributed by atoms with Crippen molar-refractivity contribution in [1.82, 2.24) is 10.2 Å². The predicted octanol–water partition coefficient (Wildman–Crippen LogP) is 2.34. The second-order valence-electron chi connectivity index (χ2n) is 5.06. The van der Waals surface area contributed by atoms with Gasteiger partial charge in [-0.3, -0.25) is 4.79 Å². The Morgan fingerprint density at radius 2 is 2.10 bits per heavy atom. The van der Waals surface area contributed by atoms with Crippen molar-refractivity contribution in [3.05, 3.63) is 35.4 Å². The molecule has 0 atom stereocenters. The Bertz CT molecular complexity index is 466. The van der Waals surface area contributed by atoms with Gasteiger partial charge in [0.15, 0.2) is 0 Å². The highest BCUT2D eigenvalue weighted by molar-refractivity contribution is 5.85. The van der Waals surface area contributed by atoms with Crippen molar-refractivity contribution in [1.29, 1.82) is 0 Å². The van der Waals surface area contributed by atoms with Crippen LogP contribution in [0, 0.1) is 17.6 Å². The van der Waals surface area contributed by atoms with E-state index in [2.05, 4.69) is 5.32 Å². The summed E-state index contributed by atoms with van der Waals surface area (Å²) in [6.07, 6.45) is 2.47. The number of nitrogens with one attached hydrogen (secondary N) is 1. The molecule has 0 bridgehead atoms. The first-order chi connectivity index (χ1) is 9.06. The van der Waals surface area contributed by atoms with E-state index in [4.69, 9.17) is 0 Å². The maximum absolute atomic E-state index is 13.4. The summed E-state index contributed by atoms with van der Waals surface area (Å²) in [5.74, 6) is -0.607. The molecule has 0 spiro atoms. The van der Waals surface area contributed by atoms with Gasteiger partial charge in [0.2, 0.25) is 5.91 Å². The molecule has 1 saturated carbocycles. The van der Waals surface area contributed by atoms with Gasteiger partial charge in [-0.25, -0.2) is 8.78 Å². The van der Waals surface area contributed by atoms with Gasteiger partial charge in [-0.15, -0.1) is 12.4 Å². The maximum atomic E-state index is 13.4. The third kappa shape index (κ3) is 5.06. The summed E-state index contributed by atoms with van der Waals surface area (Å²) in [7, 11) is 1.62. The van der Waals surface area contributed by atoms with E-state index in [0.717, 1.165) is 12.6 Å². The Kier molecular flexibility index (Phi) is 6.36. The molecule has 1 aromatic rings. The number of amides is 1. The molecule has 112 valence electrons. The lowest BCUT2D eigenvalue weighted by molar-refractivity contribution is -0.129. The van der Waals surface area contributed by atoms with Crippen LogP contribution < -0.4 is 5.32 Å². The average Bonchev–Trinajstić information content (AvgIpc) is 3.16. The molecule has 0 radical (unpaired) electrons. The summed E-state index contributed by atoms with van der Waals surface area (Å²) in [6, 6.07) is 3.40. The second kappa shape index (κ2) is 7.55. The van der Waals surface area contributed by atoms with Crippen LogP contribution in [-0.2, 0) is 11.3 Å². The molecule has 1 aromatic carbocycles. The standard InChI is InChI=1S/C14H18F2N2O.ClH/c1-18(14(19)8-17-7-10-2-3-10)9-11-4-5-12(15)6-13(11)16;/h4-6,10,17H,2-3,7-9H2,1H3;1H. The number of hydrogen-bond donors (Lipinski definition) is 1. The van der Waals surface area contributed by atoms with Crippen molar-refractivity contribution in [2.45, 2.75) is 19.4 Å². The Morgan fingerprint density at radius 3 is 2.70 bits per heavy atom. The van der Waals surface area contributed by atoms with Crippen molar-refractivity contribution in [2.75, 3.05) is 20.1 Å². The molecule has 1 aliphatic carbocycles. The summed E-state index contributed by atoms with van der Waals surface area (Å²) < 4.78 is 26.2. The lowest BCUT2D eigenvalue weighted by Crippen LogP contribution is -2.36. The largest absolute Gasteiger partial charge is 0.340 e. The first kappa shape index (κ1) is 16.9. The normalized spacial score (nSPS) is 13.8. The van der Waals surface area contributed by atoms with Crippen LogP contribution in [0.1, 0.15) is 18.4 Å². The molecule has 6 heteroatoms. The number of carbonyl (C=O) groups excluding carboxylic acids is 1. The van der Waals surface area contributed by atoms with Gasteiger partial charge in [-0.05, 0) is 31.4 Å². The van der Waals surface area contributed by atoms with E-state index in [9.17, 15) is 13.6 Å². The molecule has 3 nitrogen and oxygen atoms in total. The van der Waals surface area contributed by atoms with Crippen LogP contribution in [-0.4, -0.2) is 30.9 Å². The Hall–Kier alpha value is -1.20. The first-order valence-corrected chi connectivity index (χ1v) is 6.45. The number of carbonyl (C=O) groups is 1. The van der Waals surface area contributed by atoms with Crippen molar-refractivity contribution in [3.8, 4) is 0 Å². The number of nitrogens with zero attached hydrogens (tertiary/aromatic N) is 1. The topological polar surface area (TPSA) is 32.3 Å². The Labute approximate surface area is 123 Å². The van der Waals surface area contributed by atoms with Crippen molar-refractivity contribution in [3.63, 3.8) is 0 Å². The van der Waals surface area contributed by atoms with E-state index in [1.54, 1.807) is 7.05 Å². The quantitative estimate of drug-likeness (QED) is 0.875. The van der Waals surface area contributed by atoms with Gasteiger partial charge in [-0.1, -0.05) is 6.07 Å². The highest BCUT2D eigenvalue weighted by Gasteiger charge is 2.21. The number of hydrogen-bond acceptors (Lipinski definition) is 2. The van der Waals surface area contributed by atoms with Crippen LogP contribution in [0.4, 0.5) is 8.78 Å². The van der Waals surface area contributed by atoms with Gasteiger partial charge in [0.25, 0.3) is 0 Å². The van der Waals surface area contributed by atoms with Crippen LogP contribution in [0.3, 0.4) is 0 Å². The minimum Gasteiger partial charge on any atom is -0.340 e. The molecular formula is C14H19ClF2N2O. The van der Waals surface area contributed by atoms with Gasteiger partial charge in [0.1, 0.15) is 11.6 Å². The number of benzene rings is 1. The molecule has 0 heterocycles. The summed E-state index contributed by atoms with van der Waals surface area (Å²) >= 11 is 0. The SMILES string of the molecule is CN(Cc1ccc(F)cc1F)C(=O)CNCC1CC1.Cl. The number of halogens is 3. The van der Waals surface area contributed by atoms with E-state index in [1.165, 1.54) is 29.9 Å². The fraction of sp³-hybridized carbons (Fsp3) is 0.500. The molecule has 20 heavy (non-hydrogen) atoms. The summed E-state index contributed by atoms with van der Waals surface area (Å²) in [5, 5.41) is 3.09. The van der Waals surface area contributed by atoms with E-state index < -0.39 is 11.6 Å². The second-order valence-corrected chi connectivity index (χ2v) is 5.06. The molecule has 1 N–H and O–H groups in total. The zero-order valence-electron chi connectivity index (χ0n) is 11.4. The third-order valence-electron chi connectivity index (χ3n) is 3.25. The van der Waals surface area contributed by atoms with E-state index >= 15 is 0 Å². The van der Waals surface area contributed by atoms with Crippen LogP contribution in [0.2, 0.25) is 0 Å². The summed E-state index contributed by atoms with van der Waals surface area (Å²) in [6.45, 7) is 1.27. The Balaban J connectivity index is 0.00000200.